The molecule has 6 rings (SSSR count). The quantitative estimate of drug-likeness (QED) is 0.380. The minimum Gasteiger partial charge on any atom is -0.478 e. The molecule has 36 heavy (non-hydrogen) atoms. The molecule has 2 aliphatic rings. The van der Waals surface area contributed by atoms with E-state index in [1.54, 1.807) is 17.0 Å². The predicted molar refractivity (Wildman–Crippen MR) is 136 cm³/mol. The molecule has 180 valence electrons. The summed E-state index contributed by atoms with van der Waals surface area (Å²) in [6, 6.07) is 20.5. The Morgan fingerprint density at radius 3 is 2.39 bits per heavy atom. The van der Waals surface area contributed by atoms with E-state index in [2.05, 4.69) is 31.0 Å². The van der Waals surface area contributed by atoms with Gasteiger partial charge in [0.05, 0.1) is 11.3 Å². The molecule has 1 fully saturated rings. The summed E-state index contributed by atoms with van der Waals surface area (Å²) in [5, 5.41) is 10.7. The van der Waals surface area contributed by atoms with Crippen LogP contribution >= 0.6 is 0 Å². The van der Waals surface area contributed by atoms with Gasteiger partial charge in [-0.25, -0.2) is 14.5 Å². The molecule has 0 aliphatic carbocycles. The van der Waals surface area contributed by atoms with Gasteiger partial charge >= 0.3 is 12.0 Å². The van der Waals surface area contributed by atoms with Crippen LogP contribution in [0.25, 0.3) is 10.9 Å². The van der Waals surface area contributed by atoms with Crippen molar-refractivity contribution in [3.63, 3.8) is 0 Å². The van der Waals surface area contributed by atoms with Gasteiger partial charge in [0.25, 0.3) is 5.91 Å². The fourth-order valence-corrected chi connectivity index (χ4v) is 5.56. The number of nitrogens with zero attached hydrogens (tertiary/aromatic N) is 2. The number of aromatic nitrogens is 1. The SMILES string of the molecule is CC(C)c1ccc(C2c3[nH]c4ccccc4c3C[C@H]3C(=O)N(c4ccccc4C(=O)O)C(=O)N23)cc1. The van der Waals surface area contributed by atoms with Crippen LogP contribution in [0.5, 0.6) is 0 Å². The lowest BCUT2D eigenvalue weighted by molar-refractivity contribution is -0.120. The highest BCUT2D eigenvalue weighted by Gasteiger charge is 2.53. The zero-order chi connectivity index (χ0) is 25.1. The van der Waals surface area contributed by atoms with Gasteiger partial charge in [-0.1, -0.05) is 68.4 Å². The Hall–Kier alpha value is -4.39. The number of hydrogen-bond donors (Lipinski definition) is 2. The predicted octanol–water partition coefficient (Wildman–Crippen LogP) is 5.47. The number of aromatic amines is 1. The first-order chi connectivity index (χ1) is 17.4. The Morgan fingerprint density at radius 2 is 1.67 bits per heavy atom. The number of carboxylic acid groups (broad SMARTS) is 1. The van der Waals surface area contributed by atoms with Gasteiger partial charge in [-0.3, -0.25) is 9.69 Å². The van der Waals surface area contributed by atoms with Crippen molar-refractivity contribution in [2.45, 2.75) is 38.3 Å². The smallest absolute Gasteiger partial charge is 0.337 e. The van der Waals surface area contributed by atoms with E-state index in [9.17, 15) is 19.5 Å². The molecular weight excluding hydrogens is 454 g/mol. The number of imide groups is 1. The highest BCUT2D eigenvalue weighted by Crippen LogP contribution is 2.45. The number of aromatic carboxylic acids is 1. The second-order valence-electron chi connectivity index (χ2n) is 9.69. The molecule has 0 radical (unpaired) electrons. The average molecular weight is 480 g/mol. The second-order valence-corrected chi connectivity index (χ2v) is 9.69. The van der Waals surface area contributed by atoms with Crippen molar-refractivity contribution in [3.8, 4) is 0 Å². The van der Waals surface area contributed by atoms with E-state index in [4.69, 9.17) is 0 Å². The standard InChI is InChI=1S/C29H25N3O4/c1-16(2)17-11-13-18(14-12-17)26-25-21(19-7-3-5-9-22(19)30-25)15-24-27(33)32(29(36)31(24)26)23-10-6-4-8-20(23)28(34)35/h3-14,16,24,26,30H,15H2,1-2H3,(H,34,35)/t24-,26?/m0/s1. The Morgan fingerprint density at radius 1 is 0.972 bits per heavy atom. The molecule has 0 saturated carbocycles. The molecule has 1 saturated heterocycles. The average Bonchev–Trinajstić information content (AvgIpc) is 3.37. The number of carbonyl (C=O) groups is 3. The summed E-state index contributed by atoms with van der Waals surface area (Å²) < 4.78 is 0. The highest BCUT2D eigenvalue weighted by atomic mass is 16.4. The zero-order valence-electron chi connectivity index (χ0n) is 19.9. The number of nitrogens with one attached hydrogen (secondary N) is 1. The summed E-state index contributed by atoms with van der Waals surface area (Å²) in [6.45, 7) is 4.25. The van der Waals surface area contributed by atoms with E-state index >= 15 is 0 Å². The number of rotatable bonds is 4. The van der Waals surface area contributed by atoms with Gasteiger partial charge in [0.1, 0.15) is 12.1 Å². The number of urea groups is 1. The molecule has 3 amide bonds. The van der Waals surface area contributed by atoms with Crippen molar-refractivity contribution in [1.82, 2.24) is 9.88 Å². The van der Waals surface area contributed by atoms with Crippen molar-refractivity contribution in [2.75, 3.05) is 4.90 Å². The number of hydrogen-bond acceptors (Lipinski definition) is 3. The molecule has 1 aromatic heterocycles. The number of carboxylic acids is 1. The minimum absolute atomic E-state index is 0.0825. The summed E-state index contributed by atoms with van der Waals surface area (Å²) in [6.07, 6.45) is 0.357. The van der Waals surface area contributed by atoms with Crippen LogP contribution in [0.2, 0.25) is 0 Å². The van der Waals surface area contributed by atoms with Gasteiger partial charge in [0.2, 0.25) is 0 Å². The number of anilines is 1. The number of carbonyl (C=O) groups excluding carboxylic acids is 2. The summed E-state index contributed by atoms with van der Waals surface area (Å²) in [4.78, 5) is 45.8. The van der Waals surface area contributed by atoms with Crippen LogP contribution in [0.15, 0.2) is 72.8 Å². The minimum atomic E-state index is -1.19. The molecule has 2 aliphatic heterocycles. The van der Waals surface area contributed by atoms with Crippen molar-refractivity contribution >= 4 is 34.5 Å². The first-order valence-corrected chi connectivity index (χ1v) is 12.0. The fraction of sp³-hybridized carbons (Fsp3) is 0.207. The lowest BCUT2D eigenvalue weighted by Gasteiger charge is -2.36. The zero-order valence-corrected chi connectivity index (χ0v) is 19.9. The van der Waals surface area contributed by atoms with Gasteiger partial charge < -0.3 is 10.1 Å². The largest absolute Gasteiger partial charge is 0.478 e. The summed E-state index contributed by atoms with van der Waals surface area (Å²) in [5.41, 5.74) is 4.95. The van der Waals surface area contributed by atoms with Crippen LogP contribution in [0.3, 0.4) is 0 Å². The van der Waals surface area contributed by atoms with Crippen LogP contribution in [-0.4, -0.2) is 38.9 Å². The first-order valence-electron chi connectivity index (χ1n) is 12.0. The van der Waals surface area contributed by atoms with Gasteiger partial charge in [-0.2, -0.15) is 0 Å². The summed E-state index contributed by atoms with van der Waals surface area (Å²) in [5.74, 6) is -1.23. The molecule has 2 atom stereocenters. The number of benzene rings is 3. The second kappa shape index (κ2) is 8.09. The maximum Gasteiger partial charge on any atom is 0.337 e. The van der Waals surface area contributed by atoms with Gasteiger partial charge in [-0.15, -0.1) is 0 Å². The molecular formula is C29H25N3O4. The summed E-state index contributed by atoms with van der Waals surface area (Å²) in [7, 11) is 0. The number of para-hydroxylation sites is 2. The van der Waals surface area contributed by atoms with Gasteiger partial charge in [-0.05, 0) is 40.8 Å². The van der Waals surface area contributed by atoms with E-state index in [1.807, 2.05) is 36.4 Å². The van der Waals surface area contributed by atoms with Gasteiger partial charge in [0, 0.05) is 23.0 Å². The maximum atomic E-state index is 13.9. The monoisotopic (exact) mass is 479 g/mol. The third-order valence-corrected chi connectivity index (χ3v) is 7.34. The van der Waals surface area contributed by atoms with Crippen molar-refractivity contribution in [3.05, 3.63) is 101 Å². The molecule has 1 unspecified atom stereocenters. The fourth-order valence-electron chi connectivity index (χ4n) is 5.56. The topological polar surface area (TPSA) is 93.7 Å². The Kier molecular flexibility index (Phi) is 4.96. The van der Waals surface area contributed by atoms with Crippen molar-refractivity contribution < 1.29 is 19.5 Å². The molecule has 3 aromatic carbocycles. The third kappa shape index (κ3) is 3.16. The van der Waals surface area contributed by atoms with Crippen LogP contribution < -0.4 is 4.90 Å². The molecule has 0 bridgehead atoms. The highest BCUT2D eigenvalue weighted by molar-refractivity contribution is 6.23. The maximum absolute atomic E-state index is 13.9. The van der Waals surface area contributed by atoms with Crippen LogP contribution in [-0.2, 0) is 11.2 Å². The normalized spacial score (nSPS) is 19.2. The summed E-state index contributed by atoms with van der Waals surface area (Å²) >= 11 is 0. The van der Waals surface area contributed by atoms with E-state index in [0.717, 1.165) is 32.6 Å². The molecule has 3 heterocycles. The Balaban J connectivity index is 1.53. The first kappa shape index (κ1) is 22.1. The number of amides is 3. The van der Waals surface area contributed by atoms with Crippen LogP contribution in [0.4, 0.5) is 10.5 Å². The van der Waals surface area contributed by atoms with Crippen molar-refractivity contribution in [1.29, 1.82) is 0 Å². The molecule has 7 nitrogen and oxygen atoms in total. The molecule has 7 heteroatoms. The third-order valence-electron chi connectivity index (χ3n) is 7.34. The lowest BCUT2D eigenvalue weighted by Crippen LogP contribution is -2.44. The Labute approximate surface area is 208 Å². The number of fused-ring (bicyclic) bond motifs is 4. The van der Waals surface area contributed by atoms with E-state index in [0.29, 0.717) is 12.3 Å². The van der Waals surface area contributed by atoms with E-state index < -0.39 is 30.0 Å². The molecule has 0 spiro atoms. The van der Waals surface area contributed by atoms with Gasteiger partial charge in [0.15, 0.2) is 0 Å². The van der Waals surface area contributed by atoms with Crippen LogP contribution in [0.1, 0.15) is 58.5 Å². The van der Waals surface area contributed by atoms with E-state index in [-0.39, 0.29) is 11.3 Å². The van der Waals surface area contributed by atoms with Crippen LogP contribution in [0, 0.1) is 0 Å². The molecule has 4 aromatic rings. The Bertz CT molecular complexity index is 1540. The molecule has 2 N–H and O–H groups in total. The lowest BCUT2D eigenvalue weighted by atomic mass is 9.88. The van der Waals surface area contributed by atoms with E-state index in [1.165, 1.54) is 17.7 Å². The number of H-pyrrole nitrogens is 1. The van der Waals surface area contributed by atoms with Crippen molar-refractivity contribution in [2.24, 2.45) is 0 Å².